The fourth-order valence-electron chi connectivity index (χ4n) is 1.77. The number of nitrogens with zero attached hydrogens (tertiary/aromatic N) is 1. The molecule has 16 heavy (non-hydrogen) atoms. The quantitative estimate of drug-likeness (QED) is 0.900. The molecule has 1 unspecified atom stereocenters. The van der Waals surface area contributed by atoms with Gasteiger partial charge in [-0.2, -0.15) is 0 Å². The van der Waals surface area contributed by atoms with Gasteiger partial charge in [-0.3, -0.25) is 0 Å². The fourth-order valence-corrected chi connectivity index (χ4v) is 2.36. The summed E-state index contributed by atoms with van der Waals surface area (Å²) >= 11 is 3.57. The average molecular weight is 285 g/mol. The summed E-state index contributed by atoms with van der Waals surface area (Å²) in [6.45, 7) is 6.19. The van der Waals surface area contributed by atoms with Crippen LogP contribution in [0.25, 0.3) is 0 Å². The maximum absolute atomic E-state index is 5.80. The van der Waals surface area contributed by atoms with Crippen LogP contribution in [-0.2, 0) is 0 Å². The molecular weight excluding hydrogens is 264 g/mol. The Morgan fingerprint density at radius 1 is 1.31 bits per heavy atom. The lowest BCUT2D eigenvalue weighted by atomic mass is 9.95. The van der Waals surface area contributed by atoms with Gasteiger partial charge in [-0.05, 0) is 46.4 Å². The molecule has 90 valence electrons. The van der Waals surface area contributed by atoms with E-state index in [9.17, 15) is 0 Å². The van der Waals surface area contributed by atoms with Crippen LogP contribution in [0.3, 0.4) is 0 Å². The molecule has 0 spiro atoms. The Kier molecular flexibility index (Phi) is 5.29. The van der Waals surface area contributed by atoms with E-state index in [1.54, 1.807) is 0 Å². The van der Waals surface area contributed by atoms with Gasteiger partial charge in [-0.15, -0.1) is 0 Å². The summed E-state index contributed by atoms with van der Waals surface area (Å²) in [6, 6.07) is 8.28. The summed E-state index contributed by atoms with van der Waals surface area (Å²) in [5.41, 5.74) is 7.02. The van der Waals surface area contributed by atoms with Gasteiger partial charge in [0, 0.05) is 18.1 Å². The molecular formula is C13H21BrN2. The molecule has 1 atom stereocenters. The van der Waals surface area contributed by atoms with Gasteiger partial charge in [-0.25, -0.2) is 0 Å². The molecule has 0 saturated carbocycles. The van der Waals surface area contributed by atoms with Crippen LogP contribution in [0, 0.1) is 11.8 Å². The lowest BCUT2D eigenvalue weighted by Gasteiger charge is -2.28. The number of halogens is 1. The van der Waals surface area contributed by atoms with Crippen molar-refractivity contribution in [2.45, 2.75) is 13.8 Å². The number of nitrogens with two attached hydrogens (primary N) is 1. The molecule has 0 aliphatic heterocycles. The van der Waals surface area contributed by atoms with Gasteiger partial charge in [0.05, 0.1) is 5.69 Å². The van der Waals surface area contributed by atoms with Crippen LogP contribution < -0.4 is 10.6 Å². The Labute approximate surface area is 107 Å². The number of anilines is 1. The zero-order valence-electron chi connectivity index (χ0n) is 10.3. The van der Waals surface area contributed by atoms with Crippen molar-refractivity contribution in [2.75, 3.05) is 25.0 Å². The van der Waals surface area contributed by atoms with Gasteiger partial charge in [0.25, 0.3) is 0 Å². The molecule has 0 saturated heterocycles. The van der Waals surface area contributed by atoms with Gasteiger partial charge >= 0.3 is 0 Å². The minimum Gasteiger partial charge on any atom is -0.373 e. The highest BCUT2D eigenvalue weighted by atomic mass is 79.9. The SMILES string of the molecule is CC(C)C(CN)CN(C)c1ccccc1Br. The molecule has 0 heterocycles. The average Bonchev–Trinajstić information content (AvgIpc) is 2.25. The summed E-state index contributed by atoms with van der Waals surface area (Å²) in [7, 11) is 2.12. The van der Waals surface area contributed by atoms with Crippen LogP contribution in [0.5, 0.6) is 0 Å². The van der Waals surface area contributed by atoms with E-state index in [-0.39, 0.29) is 0 Å². The van der Waals surface area contributed by atoms with E-state index in [4.69, 9.17) is 5.73 Å². The first kappa shape index (κ1) is 13.5. The van der Waals surface area contributed by atoms with Gasteiger partial charge in [0.15, 0.2) is 0 Å². The first-order valence-electron chi connectivity index (χ1n) is 5.72. The second-order valence-electron chi connectivity index (χ2n) is 4.57. The third-order valence-electron chi connectivity index (χ3n) is 3.02. The lowest BCUT2D eigenvalue weighted by molar-refractivity contribution is 0.397. The monoisotopic (exact) mass is 284 g/mol. The van der Waals surface area contributed by atoms with Gasteiger partial charge in [0.1, 0.15) is 0 Å². The number of rotatable bonds is 5. The maximum Gasteiger partial charge on any atom is 0.0508 e. The van der Waals surface area contributed by atoms with Gasteiger partial charge < -0.3 is 10.6 Å². The first-order chi connectivity index (χ1) is 7.56. The van der Waals surface area contributed by atoms with Crippen molar-refractivity contribution in [2.24, 2.45) is 17.6 Å². The van der Waals surface area contributed by atoms with Crippen molar-refractivity contribution >= 4 is 21.6 Å². The normalized spacial score (nSPS) is 12.9. The third kappa shape index (κ3) is 3.49. The van der Waals surface area contributed by atoms with Crippen molar-refractivity contribution < 1.29 is 0 Å². The van der Waals surface area contributed by atoms with Crippen LogP contribution in [0.4, 0.5) is 5.69 Å². The summed E-state index contributed by atoms with van der Waals surface area (Å²) in [4.78, 5) is 2.27. The second-order valence-corrected chi connectivity index (χ2v) is 5.43. The van der Waals surface area contributed by atoms with Crippen LogP contribution in [0.1, 0.15) is 13.8 Å². The van der Waals surface area contributed by atoms with Crippen LogP contribution >= 0.6 is 15.9 Å². The topological polar surface area (TPSA) is 29.3 Å². The Bertz CT molecular complexity index is 325. The highest BCUT2D eigenvalue weighted by Gasteiger charge is 2.15. The predicted molar refractivity (Wildman–Crippen MR) is 74.8 cm³/mol. The molecule has 0 bridgehead atoms. The Morgan fingerprint density at radius 2 is 1.94 bits per heavy atom. The highest BCUT2D eigenvalue weighted by Crippen LogP contribution is 2.26. The van der Waals surface area contributed by atoms with E-state index >= 15 is 0 Å². The van der Waals surface area contributed by atoms with Gasteiger partial charge in [-0.1, -0.05) is 26.0 Å². The first-order valence-corrected chi connectivity index (χ1v) is 6.51. The minimum absolute atomic E-state index is 0.539. The molecule has 2 nitrogen and oxygen atoms in total. The summed E-state index contributed by atoms with van der Waals surface area (Å²) < 4.78 is 1.14. The van der Waals surface area contributed by atoms with E-state index in [0.29, 0.717) is 11.8 Å². The smallest absolute Gasteiger partial charge is 0.0508 e. The maximum atomic E-state index is 5.80. The number of hydrogen-bond acceptors (Lipinski definition) is 2. The van der Waals surface area contributed by atoms with Gasteiger partial charge in [0.2, 0.25) is 0 Å². The van der Waals surface area contributed by atoms with Crippen molar-refractivity contribution in [3.63, 3.8) is 0 Å². The standard InChI is InChI=1S/C13H21BrN2/c1-10(2)11(8-15)9-16(3)13-7-5-4-6-12(13)14/h4-7,10-11H,8-9,15H2,1-3H3. The molecule has 1 aromatic rings. The van der Waals surface area contributed by atoms with E-state index in [2.05, 4.69) is 59.9 Å². The van der Waals surface area contributed by atoms with Crippen molar-refractivity contribution in [3.8, 4) is 0 Å². The second kappa shape index (κ2) is 6.26. The molecule has 2 N–H and O–H groups in total. The molecule has 0 aliphatic rings. The number of para-hydroxylation sites is 1. The Hall–Kier alpha value is -0.540. The molecule has 0 radical (unpaired) electrons. The van der Waals surface area contributed by atoms with Crippen molar-refractivity contribution in [1.29, 1.82) is 0 Å². The van der Waals surface area contributed by atoms with Crippen LogP contribution in [0.15, 0.2) is 28.7 Å². The fraction of sp³-hybridized carbons (Fsp3) is 0.538. The van der Waals surface area contributed by atoms with E-state index in [1.165, 1.54) is 5.69 Å². The predicted octanol–water partition coefficient (Wildman–Crippen LogP) is 3.12. The zero-order valence-corrected chi connectivity index (χ0v) is 11.9. The Morgan fingerprint density at radius 3 is 2.44 bits per heavy atom. The molecule has 0 fully saturated rings. The lowest BCUT2D eigenvalue weighted by Crippen LogP contribution is -2.33. The summed E-state index contributed by atoms with van der Waals surface area (Å²) in [5, 5.41) is 0. The van der Waals surface area contributed by atoms with Crippen molar-refractivity contribution in [3.05, 3.63) is 28.7 Å². The summed E-state index contributed by atoms with van der Waals surface area (Å²) in [6.07, 6.45) is 0. The molecule has 0 aromatic heterocycles. The van der Waals surface area contributed by atoms with Crippen molar-refractivity contribution in [1.82, 2.24) is 0 Å². The van der Waals surface area contributed by atoms with E-state index < -0.39 is 0 Å². The van der Waals surface area contributed by atoms with Crippen LogP contribution in [0.2, 0.25) is 0 Å². The molecule has 1 rings (SSSR count). The largest absolute Gasteiger partial charge is 0.373 e. The van der Waals surface area contributed by atoms with E-state index in [0.717, 1.165) is 17.6 Å². The number of benzene rings is 1. The Balaban J connectivity index is 2.72. The zero-order chi connectivity index (χ0) is 12.1. The molecule has 1 aromatic carbocycles. The van der Waals surface area contributed by atoms with Crippen LogP contribution in [-0.4, -0.2) is 20.1 Å². The highest BCUT2D eigenvalue weighted by molar-refractivity contribution is 9.10. The summed E-state index contributed by atoms with van der Waals surface area (Å²) in [5.74, 6) is 1.16. The molecule has 3 heteroatoms. The van der Waals surface area contributed by atoms with E-state index in [1.807, 2.05) is 6.07 Å². The molecule has 0 amide bonds. The third-order valence-corrected chi connectivity index (χ3v) is 3.69. The number of hydrogen-bond donors (Lipinski definition) is 1. The molecule has 0 aliphatic carbocycles. The minimum atomic E-state index is 0.539.